The van der Waals surface area contributed by atoms with Crippen LogP contribution < -0.4 is 19.8 Å². The lowest BCUT2D eigenvalue weighted by atomic mass is 10.0. The van der Waals surface area contributed by atoms with Gasteiger partial charge in [0.05, 0.1) is 43.2 Å². The van der Waals surface area contributed by atoms with E-state index < -0.39 is 0 Å². The number of nitrogens with one attached hydrogen (secondary N) is 1. The van der Waals surface area contributed by atoms with Crippen molar-refractivity contribution in [2.75, 3.05) is 21.3 Å². The number of ether oxygens (including phenoxy) is 3. The van der Waals surface area contributed by atoms with Crippen LogP contribution >= 0.6 is 11.8 Å². The smallest absolute Gasteiger partial charge is 0.271 e. The summed E-state index contributed by atoms with van der Waals surface area (Å²) in [4.78, 5) is 17.9. The van der Waals surface area contributed by atoms with Crippen LogP contribution in [-0.4, -0.2) is 36.2 Å². The van der Waals surface area contributed by atoms with Gasteiger partial charge in [0.2, 0.25) is 5.75 Å². The van der Waals surface area contributed by atoms with Crippen LogP contribution in [0.4, 0.5) is 5.82 Å². The molecule has 0 spiro atoms. The zero-order valence-electron chi connectivity index (χ0n) is 18.0. The molecule has 0 radical (unpaired) electrons. The van der Waals surface area contributed by atoms with Gasteiger partial charge < -0.3 is 14.2 Å². The van der Waals surface area contributed by atoms with Gasteiger partial charge in [-0.3, -0.25) is 14.6 Å². The Balaban J connectivity index is 1.82. The molecular formula is C22H29N3O4S. The van der Waals surface area contributed by atoms with Crippen LogP contribution in [0.25, 0.3) is 0 Å². The maximum atomic E-state index is 13.1. The maximum absolute atomic E-state index is 13.1. The van der Waals surface area contributed by atoms with E-state index in [0.29, 0.717) is 28.9 Å². The lowest BCUT2D eigenvalue weighted by Gasteiger charge is -2.24. The molecule has 0 amide bonds. The molecule has 8 heteroatoms. The van der Waals surface area contributed by atoms with E-state index in [1.807, 2.05) is 23.7 Å². The first-order valence-electron chi connectivity index (χ1n) is 10.4. The molecule has 1 aromatic carbocycles. The summed E-state index contributed by atoms with van der Waals surface area (Å²) < 4.78 is 18.6. The highest BCUT2D eigenvalue weighted by atomic mass is 32.2. The molecule has 2 heterocycles. The third-order valence-electron chi connectivity index (χ3n) is 5.93. The Morgan fingerprint density at radius 2 is 1.67 bits per heavy atom. The van der Waals surface area contributed by atoms with Gasteiger partial charge in [0.15, 0.2) is 17.3 Å². The van der Waals surface area contributed by atoms with Gasteiger partial charge in [-0.05, 0) is 37.5 Å². The van der Waals surface area contributed by atoms with Crippen LogP contribution in [-0.2, 0) is 0 Å². The zero-order valence-corrected chi connectivity index (χ0v) is 18.8. The number of hydrogen-bond donors (Lipinski definition) is 1. The van der Waals surface area contributed by atoms with Gasteiger partial charge in [0.1, 0.15) is 0 Å². The van der Waals surface area contributed by atoms with Gasteiger partial charge in [0, 0.05) is 0 Å². The quantitative estimate of drug-likeness (QED) is 0.675. The Hall–Kier alpha value is -2.35. The summed E-state index contributed by atoms with van der Waals surface area (Å²) in [5, 5.41) is 3.85. The average Bonchev–Trinajstić information content (AvgIpc) is 2.93. The van der Waals surface area contributed by atoms with E-state index in [1.54, 1.807) is 33.1 Å². The van der Waals surface area contributed by atoms with Gasteiger partial charge in [-0.15, -0.1) is 0 Å². The number of rotatable bonds is 5. The molecule has 1 atom stereocenters. The van der Waals surface area contributed by atoms with E-state index in [1.165, 1.54) is 25.7 Å². The number of aromatic amines is 1. The second-order valence-corrected chi connectivity index (χ2v) is 9.08. The number of hydrogen-bond acceptors (Lipinski definition) is 6. The number of nitrogens with zero attached hydrogens (tertiary/aromatic N) is 2. The Labute approximate surface area is 180 Å². The standard InChI is InChI=1S/C22H29N3O4S/c1-13-23-21-18(22(26)24-25(21)15-9-7-5-6-8-10-15)20(30-13)14-11-16(27-2)19(29-4)17(12-14)28-3/h11-12,15,20H,5-10H2,1-4H3,(H,24,26)/t20-/m1/s1. The largest absolute Gasteiger partial charge is 0.493 e. The predicted octanol–water partition coefficient (Wildman–Crippen LogP) is 4.98. The molecule has 2 aromatic rings. The molecule has 1 N–H and O–H groups in total. The number of aromatic nitrogens is 2. The van der Waals surface area contributed by atoms with Crippen LogP contribution in [0.5, 0.6) is 17.2 Å². The molecule has 2 aliphatic rings. The minimum Gasteiger partial charge on any atom is -0.493 e. The molecule has 1 aromatic heterocycles. The average molecular weight is 432 g/mol. The minimum atomic E-state index is -0.193. The second kappa shape index (κ2) is 8.79. The monoisotopic (exact) mass is 431 g/mol. The first-order valence-corrected chi connectivity index (χ1v) is 11.3. The van der Waals surface area contributed by atoms with Crippen LogP contribution in [0.3, 0.4) is 0 Å². The van der Waals surface area contributed by atoms with Crippen molar-refractivity contribution < 1.29 is 14.2 Å². The Morgan fingerprint density at radius 3 is 2.23 bits per heavy atom. The fourth-order valence-corrected chi connectivity index (χ4v) is 5.56. The van der Waals surface area contributed by atoms with Crippen molar-refractivity contribution in [2.45, 2.75) is 56.7 Å². The Morgan fingerprint density at radius 1 is 1.03 bits per heavy atom. The normalized spacial score (nSPS) is 19.6. The molecule has 4 rings (SSSR count). The summed E-state index contributed by atoms with van der Waals surface area (Å²) in [6, 6.07) is 4.14. The molecular weight excluding hydrogens is 402 g/mol. The summed E-state index contributed by atoms with van der Waals surface area (Å²) in [7, 11) is 4.78. The molecule has 1 saturated carbocycles. The predicted molar refractivity (Wildman–Crippen MR) is 120 cm³/mol. The second-order valence-electron chi connectivity index (χ2n) is 7.78. The van der Waals surface area contributed by atoms with Crippen molar-refractivity contribution >= 4 is 22.6 Å². The fraction of sp³-hybridized carbons (Fsp3) is 0.545. The van der Waals surface area contributed by atoms with Gasteiger partial charge in [-0.25, -0.2) is 4.99 Å². The molecule has 1 aliphatic carbocycles. The topological polar surface area (TPSA) is 77.8 Å². The van der Waals surface area contributed by atoms with Gasteiger partial charge in [0.25, 0.3) is 5.56 Å². The number of aliphatic imine (C=N–C) groups is 1. The highest BCUT2D eigenvalue weighted by molar-refractivity contribution is 8.14. The maximum Gasteiger partial charge on any atom is 0.271 e. The first kappa shape index (κ1) is 20.9. The van der Waals surface area contributed by atoms with Gasteiger partial charge in [-0.2, -0.15) is 0 Å². The highest BCUT2D eigenvalue weighted by Crippen LogP contribution is 2.48. The van der Waals surface area contributed by atoms with E-state index in [4.69, 9.17) is 19.2 Å². The summed E-state index contributed by atoms with van der Waals surface area (Å²) in [6.07, 6.45) is 7.05. The van der Waals surface area contributed by atoms with Crippen LogP contribution in [0.1, 0.15) is 67.9 Å². The summed E-state index contributed by atoms with van der Waals surface area (Å²) in [5.74, 6) is 2.46. The van der Waals surface area contributed by atoms with Gasteiger partial charge in [-0.1, -0.05) is 37.4 Å². The van der Waals surface area contributed by atoms with Crippen molar-refractivity contribution in [1.29, 1.82) is 0 Å². The molecule has 0 bridgehead atoms. The van der Waals surface area contributed by atoms with E-state index in [2.05, 4.69) is 5.10 Å². The third-order valence-corrected chi connectivity index (χ3v) is 7.11. The molecule has 162 valence electrons. The van der Waals surface area contributed by atoms with Crippen molar-refractivity contribution in [2.24, 2.45) is 4.99 Å². The number of H-pyrrole nitrogens is 1. The molecule has 0 saturated heterocycles. The fourth-order valence-electron chi connectivity index (χ4n) is 4.48. The molecule has 30 heavy (non-hydrogen) atoms. The van der Waals surface area contributed by atoms with Crippen molar-refractivity contribution in [1.82, 2.24) is 9.78 Å². The molecule has 1 aliphatic heterocycles. The van der Waals surface area contributed by atoms with Crippen LogP contribution in [0, 0.1) is 0 Å². The SMILES string of the molecule is COc1cc([C@H]2SC(C)=Nc3c2c(=O)[nH]n3C2CCCCCC2)cc(OC)c1OC. The number of thioether (sulfide) groups is 1. The van der Waals surface area contributed by atoms with Crippen molar-refractivity contribution in [3.8, 4) is 17.2 Å². The molecule has 1 fully saturated rings. The summed E-state index contributed by atoms with van der Waals surface area (Å²) in [5.41, 5.74) is 1.55. The number of methoxy groups -OCH3 is 3. The zero-order chi connectivity index (χ0) is 21.3. The Bertz CT molecular complexity index is 977. The lowest BCUT2D eigenvalue weighted by Crippen LogP contribution is -2.14. The number of fused-ring (bicyclic) bond motifs is 1. The lowest BCUT2D eigenvalue weighted by molar-refractivity contribution is 0.324. The van der Waals surface area contributed by atoms with Crippen molar-refractivity contribution in [3.63, 3.8) is 0 Å². The van der Waals surface area contributed by atoms with Crippen LogP contribution in [0.2, 0.25) is 0 Å². The van der Waals surface area contributed by atoms with E-state index in [0.717, 1.165) is 29.3 Å². The minimum absolute atomic E-state index is 0.0725. The Kier molecular flexibility index (Phi) is 6.13. The molecule has 7 nitrogen and oxygen atoms in total. The van der Waals surface area contributed by atoms with Crippen LogP contribution in [0.15, 0.2) is 21.9 Å². The third kappa shape index (κ3) is 3.73. The summed E-state index contributed by atoms with van der Waals surface area (Å²) in [6.45, 7) is 1.99. The van der Waals surface area contributed by atoms with E-state index >= 15 is 0 Å². The summed E-state index contributed by atoms with van der Waals surface area (Å²) >= 11 is 1.58. The van der Waals surface area contributed by atoms with E-state index in [9.17, 15) is 4.79 Å². The molecule has 0 unspecified atom stereocenters. The number of benzene rings is 1. The van der Waals surface area contributed by atoms with Crippen molar-refractivity contribution in [3.05, 3.63) is 33.6 Å². The first-order chi connectivity index (χ1) is 14.6. The van der Waals surface area contributed by atoms with E-state index in [-0.39, 0.29) is 10.8 Å². The highest BCUT2D eigenvalue weighted by Gasteiger charge is 2.33. The van der Waals surface area contributed by atoms with Gasteiger partial charge >= 0.3 is 0 Å².